The van der Waals surface area contributed by atoms with Gasteiger partial charge in [0.25, 0.3) is 5.17 Å². The Bertz CT molecular complexity index is 354. The number of nitrogens with one attached hydrogen (secondary N) is 3. The maximum absolute atomic E-state index is 5.16. The van der Waals surface area contributed by atoms with E-state index in [9.17, 15) is 0 Å². The summed E-state index contributed by atoms with van der Waals surface area (Å²) in [5, 5.41) is 11.5. The molecule has 0 bridgehead atoms. The summed E-state index contributed by atoms with van der Waals surface area (Å²) in [5.74, 6) is 0. The van der Waals surface area contributed by atoms with E-state index in [2.05, 4.69) is 26.4 Å². The van der Waals surface area contributed by atoms with Crippen LogP contribution in [0.4, 0.5) is 0 Å². The number of nitrogens with zero attached hydrogens (tertiary/aromatic N) is 2. The Morgan fingerprint density at radius 1 is 1.11 bits per heavy atom. The first-order chi connectivity index (χ1) is 8.51. The largest absolute Gasteiger partial charge is 0.470 e. The van der Waals surface area contributed by atoms with E-state index < -0.39 is 0 Å². The Kier molecular flexibility index (Phi) is 9.03. The Morgan fingerprint density at radius 2 is 1.67 bits per heavy atom. The van der Waals surface area contributed by atoms with E-state index in [1.807, 2.05) is 13.8 Å². The van der Waals surface area contributed by atoms with Crippen molar-refractivity contribution in [1.82, 2.24) is 16.2 Å². The van der Waals surface area contributed by atoms with Gasteiger partial charge < -0.3 is 10.1 Å². The third kappa shape index (κ3) is 7.91. The molecule has 0 saturated heterocycles. The lowest BCUT2D eigenvalue weighted by Crippen LogP contribution is -2.30. The van der Waals surface area contributed by atoms with E-state index in [1.165, 1.54) is 0 Å². The van der Waals surface area contributed by atoms with Gasteiger partial charge in [-0.25, -0.2) is 5.43 Å². The fourth-order valence-electron chi connectivity index (χ4n) is 0.709. The zero-order valence-corrected chi connectivity index (χ0v) is 12.7. The molecule has 0 unspecified atom stereocenters. The second-order valence-corrected chi connectivity index (χ2v) is 4.11. The van der Waals surface area contributed by atoms with Gasteiger partial charge in [0.1, 0.15) is 0 Å². The molecule has 6 nitrogen and oxygen atoms in total. The Hall–Kier alpha value is -1.28. The summed E-state index contributed by atoms with van der Waals surface area (Å²) in [7, 11) is 1.71. The van der Waals surface area contributed by atoms with Crippen LogP contribution in [-0.2, 0) is 4.74 Å². The van der Waals surface area contributed by atoms with Crippen molar-refractivity contribution in [3.63, 3.8) is 0 Å². The van der Waals surface area contributed by atoms with Crippen LogP contribution in [0.2, 0.25) is 0 Å². The Labute approximate surface area is 118 Å². The minimum absolute atomic E-state index is 0.253. The lowest BCUT2D eigenvalue weighted by atomic mass is 10.3. The molecule has 3 N–H and O–H groups in total. The number of hydrogen-bond donors (Lipinski definition) is 3. The highest BCUT2D eigenvalue weighted by Crippen LogP contribution is 1.86. The summed E-state index contributed by atoms with van der Waals surface area (Å²) in [6, 6.07) is 0. The summed E-state index contributed by atoms with van der Waals surface area (Å²) < 4.78 is 5.16. The highest BCUT2D eigenvalue weighted by Gasteiger charge is 1.99. The molecule has 0 aromatic heterocycles. The molecule has 0 spiro atoms. The monoisotopic (exact) mass is 289 g/mol. The molecule has 0 aliphatic heterocycles. The molecule has 8 heteroatoms. The van der Waals surface area contributed by atoms with Crippen molar-refractivity contribution in [2.45, 2.75) is 27.2 Å². The first-order valence-corrected chi connectivity index (χ1v) is 6.32. The SMILES string of the molecule is CCCOC(=S)N/N=C(C)/C(C)=N/NC(=S)NC. The smallest absolute Gasteiger partial charge is 0.277 e. The molecule has 0 fully saturated rings. The van der Waals surface area contributed by atoms with E-state index in [0.29, 0.717) is 23.1 Å². The zero-order valence-electron chi connectivity index (χ0n) is 11.0. The van der Waals surface area contributed by atoms with Crippen molar-refractivity contribution in [2.75, 3.05) is 13.7 Å². The molecular weight excluding hydrogens is 270 g/mol. The predicted molar refractivity (Wildman–Crippen MR) is 83.0 cm³/mol. The molecule has 102 valence electrons. The zero-order chi connectivity index (χ0) is 14.0. The highest BCUT2D eigenvalue weighted by atomic mass is 32.1. The first kappa shape index (κ1) is 16.7. The van der Waals surface area contributed by atoms with Crippen molar-refractivity contribution in [2.24, 2.45) is 10.2 Å². The molecule has 18 heavy (non-hydrogen) atoms. The van der Waals surface area contributed by atoms with Gasteiger partial charge in [0, 0.05) is 7.05 Å². The van der Waals surface area contributed by atoms with Crippen LogP contribution in [0, 0.1) is 0 Å². The average molecular weight is 289 g/mol. The quantitative estimate of drug-likeness (QED) is 0.400. The molecule has 0 rings (SSSR count). The van der Waals surface area contributed by atoms with Gasteiger partial charge in [-0.05, 0) is 44.7 Å². The molecule has 0 radical (unpaired) electrons. The molecule has 0 amide bonds. The summed E-state index contributed by atoms with van der Waals surface area (Å²) in [6.07, 6.45) is 0.899. The van der Waals surface area contributed by atoms with Crippen molar-refractivity contribution >= 4 is 46.1 Å². The second-order valence-electron chi connectivity index (χ2n) is 3.33. The van der Waals surface area contributed by atoms with Crippen LogP contribution in [0.15, 0.2) is 10.2 Å². The highest BCUT2D eigenvalue weighted by molar-refractivity contribution is 7.80. The topological polar surface area (TPSA) is 70.0 Å². The Morgan fingerprint density at radius 3 is 2.17 bits per heavy atom. The van der Waals surface area contributed by atoms with Crippen LogP contribution in [0.25, 0.3) is 0 Å². The number of ether oxygens (including phenoxy) is 1. The third-order valence-corrected chi connectivity index (χ3v) is 2.33. The lowest BCUT2D eigenvalue weighted by molar-refractivity contribution is 0.299. The maximum Gasteiger partial charge on any atom is 0.277 e. The average Bonchev–Trinajstić information content (AvgIpc) is 2.38. The minimum atomic E-state index is 0.253. The molecule has 0 atom stereocenters. The van der Waals surface area contributed by atoms with E-state index in [4.69, 9.17) is 29.2 Å². The van der Waals surface area contributed by atoms with Gasteiger partial charge in [-0.2, -0.15) is 10.2 Å². The van der Waals surface area contributed by atoms with Crippen LogP contribution in [0.1, 0.15) is 27.2 Å². The van der Waals surface area contributed by atoms with Gasteiger partial charge in [-0.1, -0.05) is 6.92 Å². The van der Waals surface area contributed by atoms with E-state index in [0.717, 1.165) is 6.42 Å². The van der Waals surface area contributed by atoms with Gasteiger partial charge in [0.2, 0.25) is 0 Å². The van der Waals surface area contributed by atoms with Gasteiger partial charge in [0.05, 0.1) is 18.0 Å². The van der Waals surface area contributed by atoms with Gasteiger partial charge in [0.15, 0.2) is 5.11 Å². The van der Waals surface area contributed by atoms with E-state index in [-0.39, 0.29) is 5.17 Å². The standard InChI is InChI=1S/C10H19N5OS2/c1-5-6-16-10(18)15-13-8(3)7(2)12-14-9(17)11-4/h5-6H2,1-4H3,(H,15,18)(H2,11,14,17)/b12-7+,13-8+. The maximum atomic E-state index is 5.16. The molecule has 0 aliphatic carbocycles. The van der Waals surface area contributed by atoms with Gasteiger partial charge >= 0.3 is 0 Å². The second kappa shape index (κ2) is 9.72. The van der Waals surface area contributed by atoms with Gasteiger partial charge in [-0.15, -0.1) is 0 Å². The van der Waals surface area contributed by atoms with Crippen LogP contribution >= 0.6 is 24.4 Å². The van der Waals surface area contributed by atoms with Gasteiger partial charge in [-0.3, -0.25) is 5.43 Å². The van der Waals surface area contributed by atoms with E-state index in [1.54, 1.807) is 14.0 Å². The minimum Gasteiger partial charge on any atom is -0.470 e. The molecule has 0 aliphatic rings. The molecular formula is C10H19N5OS2. The summed E-state index contributed by atoms with van der Waals surface area (Å²) in [4.78, 5) is 0. The normalized spacial score (nSPS) is 11.8. The van der Waals surface area contributed by atoms with Crippen LogP contribution in [-0.4, -0.2) is 35.4 Å². The summed E-state index contributed by atoms with van der Waals surface area (Å²) in [6.45, 7) is 6.19. The molecule has 0 aromatic rings. The number of thiocarbonyl (C=S) groups is 2. The Balaban J connectivity index is 4.23. The molecule has 0 aromatic carbocycles. The summed E-state index contributed by atoms with van der Waals surface area (Å²) in [5.41, 5.74) is 6.69. The van der Waals surface area contributed by atoms with Crippen molar-refractivity contribution in [3.8, 4) is 0 Å². The lowest BCUT2D eigenvalue weighted by Gasteiger charge is -2.06. The summed E-state index contributed by atoms with van der Waals surface area (Å²) >= 11 is 9.81. The van der Waals surface area contributed by atoms with Crippen molar-refractivity contribution < 1.29 is 4.74 Å². The molecule has 0 saturated carbocycles. The fraction of sp³-hybridized carbons (Fsp3) is 0.600. The third-order valence-electron chi connectivity index (χ3n) is 1.83. The fourth-order valence-corrected chi connectivity index (χ4v) is 0.883. The van der Waals surface area contributed by atoms with E-state index >= 15 is 0 Å². The van der Waals surface area contributed by atoms with Crippen molar-refractivity contribution in [3.05, 3.63) is 0 Å². The number of hydrazone groups is 2. The van der Waals surface area contributed by atoms with Crippen LogP contribution < -0.4 is 16.2 Å². The number of rotatable bonds is 5. The number of hydrogen-bond acceptors (Lipinski definition) is 5. The van der Waals surface area contributed by atoms with Crippen LogP contribution in [0.5, 0.6) is 0 Å². The van der Waals surface area contributed by atoms with Crippen molar-refractivity contribution in [1.29, 1.82) is 0 Å². The molecule has 0 heterocycles. The first-order valence-electron chi connectivity index (χ1n) is 5.50. The predicted octanol–water partition coefficient (Wildman–Crippen LogP) is 1.13. The van der Waals surface area contributed by atoms with Crippen LogP contribution in [0.3, 0.4) is 0 Å².